The molecule has 0 radical (unpaired) electrons. The van der Waals surface area contributed by atoms with E-state index in [-0.39, 0.29) is 18.1 Å². The van der Waals surface area contributed by atoms with Crippen molar-refractivity contribution in [3.8, 4) is 5.75 Å². The number of ketones is 1. The number of benzene rings is 1. The number of amides is 4. The van der Waals surface area contributed by atoms with Gasteiger partial charge in [-0.15, -0.1) is 0 Å². The maximum absolute atomic E-state index is 12.2. The summed E-state index contributed by atoms with van der Waals surface area (Å²) in [6, 6.07) is 3.73. The average Bonchev–Trinajstić information content (AvgIpc) is 2.80. The van der Waals surface area contributed by atoms with E-state index in [4.69, 9.17) is 9.47 Å². The summed E-state index contributed by atoms with van der Waals surface area (Å²) in [6.07, 6.45) is 0. The number of carbonyl (C=O) groups excluding carboxylic acids is 5. The molecule has 1 aromatic carbocycles. The number of hydrogen-bond donors (Lipinski definition) is 2. The normalized spacial score (nSPS) is 17.6. The first kappa shape index (κ1) is 18.4. The van der Waals surface area contributed by atoms with Crippen LogP contribution >= 0.6 is 0 Å². The third-order valence-corrected chi connectivity index (χ3v) is 4.03. The zero-order chi connectivity index (χ0) is 19.8. The highest BCUT2D eigenvalue weighted by Crippen LogP contribution is 2.28. The number of nitrogens with zero attached hydrogens (tertiary/aromatic N) is 1. The van der Waals surface area contributed by atoms with Crippen molar-refractivity contribution in [3.05, 3.63) is 23.8 Å². The maximum atomic E-state index is 12.2. The molecule has 3 rings (SSSR count). The number of urea groups is 1. The van der Waals surface area contributed by atoms with Gasteiger partial charge in [-0.1, -0.05) is 0 Å². The minimum atomic E-state index is -1.09. The molecule has 0 aliphatic carbocycles. The molecule has 1 aromatic rings. The topological polar surface area (TPSA) is 131 Å². The lowest BCUT2D eigenvalue weighted by Crippen LogP contribution is -2.41. The molecular formula is C17H17N3O7. The van der Waals surface area contributed by atoms with Gasteiger partial charge in [-0.3, -0.25) is 24.1 Å². The van der Waals surface area contributed by atoms with E-state index in [0.29, 0.717) is 11.4 Å². The number of anilines is 1. The van der Waals surface area contributed by atoms with Crippen molar-refractivity contribution in [2.75, 3.05) is 25.1 Å². The third kappa shape index (κ3) is 3.73. The Bertz CT molecular complexity index is 862. The lowest BCUT2D eigenvalue weighted by atomic mass is 10.1. The molecule has 0 saturated carbocycles. The second kappa shape index (κ2) is 6.71. The predicted octanol–water partition coefficient (Wildman–Crippen LogP) is 0.0738. The minimum Gasteiger partial charge on any atom is -0.482 e. The molecule has 1 saturated heterocycles. The summed E-state index contributed by atoms with van der Waals surface area (Å²) in [5.74, 6) is -1.86. The Kier molecular flexibility index (Phi) is 4.56. The number of fused-ring (bicyclic) bond motifs is 1. The number of imide groups is 1. The number of rotatable bonds is 5. The highest BCUT2D eigenvalue weighted by Gasteiger charge is 2.45. The summed E-state index contributed by atoms with van der Waals surface area (Å²) >= 11 is 0. The summed E-state index contributed by atoms with van der Waals surface area (Å²) in [6.45, 7) is 1.77. The molecule has 142 valence electrons. The molecule has 0 bridgehead atoms. The Balaban J connectivity index is 1.57. The Morgan fingerprint density at radius 3 is 2.67 bits per heavy atom. The summed E-state index contributed by atoms with van der Waals surface area (Å²) in [4.78, 5) is 59.9. The molecule has 10 heteroatoms. The number of hydrogen-bond acceptors (Lipinski definition) is 7. The number of esters is 1. The number of Topliss-reactive ketones (excluding diaryl/α,β-unsaturated/α-hetero) is 1. The molecule has 1 fully saturated rings. The standard InChI is InChI=1S/C17H17N3O7/c1-17(2)15(24)20(16(25)19-17)6-14(23)27-7-11(21)9-3-4-12-10(5-9)18-13(22)8-26-12/h3-5H,6-8H2,1-2H3,(H,18,22)(H,19,25). The Morgan fingerprint density at radius 1 is 1.26 bits per heavy atom. The van der Waals surface area contributed by atoms with Crippen LogP contribution in [0.1, 0.15) is 24.2 Å². The van der Waals surface area contributed by atoms with Crippen LogP contribution in [0.5, 0.6) is 5.75 Å². The van der Waals surface area contributed by atoms with Crippen molar-refractivity contribution in [3.63, 3.8) is 0 Å². The van der Waals surface area contributed by atoms with Crippen LogP contribution in [0.3, 0.4) is 0 Å². The van der Waals surface area contributed by atoms with E-state index in [9.17, 15) is 24.0 Å². The second-order valence-electron chi connectivity index (χ2n) is 6.58. The first-order chi connectivity index (χ1) is 12.7. The summed E-state index contributed by atoms with van der Waals surface area (Å²) in [7, 11) is 0. The van der Waals surface area contributed by atoms with E-state index in [1.807, 2.05) is 0 Å². The molecule has 2 heterocycles. The molecule has 0 spiro atoms. The van der Waals surface area contributed by atoms with Gasteiger partial charge < -0.3 is 20.1 Å². The lowest BCUT2D eigenvalue weighted by molar-refractivity contribution is -0.146. The molecule has 10 nitrogen and oxygen atoms in total. The largest absolute Gasteiger partial charge is 0.482 e. The molecule has 4 amide bonds. The third-order valence-electron chi connectivity index (χ3n) is 4.03. The van der Waals surface area contributed by atoms with Gasteiger partial charge in [-0.05, 0) is 32.0 Å². The van der Waals surface area contributed by atoms with Crippen LogP contribution in [0, 0.1) is 0 Å². The predicted molar refractivity (Wildman–Crippen MR) is 90.2 cm³/mol. The second-order valence-corrected chi connectivity index (χ2v) is 6.58. The van der Waals surface area contributed by atoms with Gasteiger partial charge in [0.1, 0.15) is 17.8 Å². The van der Waals surface area contributed by atoms with Crippen LogP contribution in [-0.2, 0) is 19.1 Å². The van der Waals surface area contributed by atoms with E-state index >= 15 is 0 Å². The molecular weight excluding hydrogens is 358 g/mol. The molecule has 0 aromatic heterocycles. The monoisotopic (exact) mass is 375 g/mol. The van der Waals surface area contributed by atoms with E-state index in [2.05, 4.69) is 10.6 Å². The van der Waals surface area contributed by atoms with Crippen molar-refractivity contribution in [2.24, 2.45) is 0 Å². The van der Waals surface area contributed by atoms with Gasteiger partial charge in [0.25, 0.3) is 11.8 Å². The fraction of sp³-hybridized carbons (Fsp3) is 0.353. The van der Waals surface area contributed by atoms with Crippen LogP contribution < -0.4 is 15.4 Å². The van der Waals surface area contributed by atoms with Crippen molar-refractivity contribution < 1.29 is 33.4 Å². The van der Waals surface area contributed by atoms with Gasteiger partial charge in [0, 0.05) is 5.56 Å². The van der Waals surface area contributed by atoms with Gasteiger partial charge in [0.15, 0.2) is 19.0 Å². The Hall–Kier alpha value is -3.43. The number of ether oxygens (including phenoxy) is 2. The highest BCUT2D eigenvalue weighted by molar-refractivity contribution is 6.08. The van der Waals surface area contributed by atoms with E-state index in [1.165, 1.54) is 32.0 Å². The lowest BCUT2D eigenvalue weighted by Gasteiger charge is -2.18. The van der Waals surface area contributed by atoms with Crippen LogP contribution in [0.4, 0.5) is 10.5 Å². The molecule has 2 N–H and O–H groups in total. The van der Waals surface area contributed by atoms with Crippen molar-refractivity contribution in [1.82, 2.24) is 10.2 Å². The fourth-order valence-corrected chi connectivity index (χ4v) is 2.62. The van der Waals surface area contributed by atoms with Crippen molar-refractivity contribution >= 4 is 35.3 Å². The van der Waals surface area contributed by atoms with Crippen LogP contribution in [-0.4, -0.2) is 59.8 Å². The summed E-state index contributed by atoms with van der Waals surface area (Å²) < 4.78 is 10.1. The first-order valence-electron chi connectivity index (χ1n) is 8.07. The first-order valence-corrected chi connectivity index (χ1v) is 8.07. The highest BCUT2D eigenvalue weighted by atomic mass is 16.5. The Morgan fingerprint density at radius 2 is 2.00 bits per heavy atom. The van der Waals surface area contributed by atoms with Crippen LogP contribution in [0.25, 0.3) is 0 Å². The van der Waals surface area contributed by atoms with Crippen molar-refractivity contribution in [1.29, 1.82) is 0 Å². The van der Waals surface area contributed by atoms with Crippen molar-refractivity contribution in [2.45, 2.75) is 19.4 Å². The Labute approximate surface area is 153 Å². The summed E-state index contributed by atoms with van der Waals surface area (Å²) in [5, 5.41) is 5.01. The number of nitrogens with one attached hydrogen (secondary N) is 2. The smallest absolute Gasteiger partial charge is 0.326 e. The van der Waals surface area contributed by atoms with Gasteiger partial charge in [-0.2, -0.15) is 0 Å². The molecule has 2 aliphatic rings. The van der Waals surface area contributed by atoms with Crippen LogP contribution in [0.2, 0.25) is 0 Å². The van der Waals surface area contributed by atoms with E-state index < -0.39 is 42.4 Å². The molecule has 2 aliphatic heterocycles. The quantitative estimate of drug-likeness (QED) is 0.423. The van der Waals surface area contributed by atoms with Gasteiger partial charge in [0.2, 0.25) is 0 Å². The summed E-state index contributed by atoms with van der Waals surface area (Å²) in [5.41, 5.74) is -0.531. The van der Waals surface area contributed by atoms with Gasteiger partial charge >= 0.3 is 12.0 Å². The van der Waals surface area contributed by atoms with E-state index in [0.717, 1.165) is 4.90 Å². The fourth-order valence-electron chi connectivity index (χ4n) is 2.62. The zero-order valence-corrected chi connectivity index (χ0v) is 14.7. The zero-order valence-electron chi connectivity index (χ0n) is 14.7. The van der Waals surface area contributed by atoms with Gasteiger partial charge in [-0.25, -0.2) is 4.79 Å². The molecule has 27 heavy (non-hydrogen) atoms. The van der Waals surface area contributed by atoms with E-state index in [1.54, 1.807) is 0 Å². The maximum Gasteiger partial charge on any atom is 0.326 e. The van der Waals surface area contributed by atoms with Crippen LogP contribution in [0.15, 0.2) is 18.2 Å². The number of carbonyl (C=O) groups is 5. The van der Waals surface area contributed by atoms with Gasteiger partial charge in [0.05, 0.1) is 5.69 Å². The average molecular weight is 375 g/mol. The molecule has 0 unspecified atom stereocenters. The SMILES string of the molecule is CC1(C)NC(=O)N(CC(=O)OCC(=O)c2ccc3c(c2)NC(=O)CO3)C1=O. The molecule has 0 atom stereocenters. The minimum absolute atomic E-state index is 0.0997.